The summed E-state index contributed by atoms with van der Waals surface area (Å²) in [5.74, 6) is 1.48. The van der Waals surface area contributed by atoms with Crippen molar-refractivity contribution in [3.8, 4) is 0 Å². The maximum atomic E-state index is 3.62. The molecule has 1 fully saturated rings. The molecule has 1 aliphatic rings. The molecule has 0 aromatic carbocycles. The van der Waals surface area contributed by atoms with Crippen LogP contribution < -0.4 is 5.32 Å². The maximum absolute atomic E-state index is 3.62. The van der Waals surface area contributed by atoms with Gasteiger partial charge in [0.25, 0.3) is 0 Å². The summed E-state index contributed by atoms with van der Waals surface area (Å²) in [5, 5.41) is 3.62. The van der Waals surface area contributed by atoms with Gasteiger partial charge in [-0.3, -0.25) is 4.90 Å². The van der Waals surface area contributed by atoms with Crippen LogP contribution in [0, 0.1) is 11.8 Å². The van der Waals surface area contributed by atoms with Gasteiger partial charge in [0.15, 0.2) is 0 Å². The van der Waals surface area contributed by atoms with Crippen LogP contribution in [0.4, 0.5) is 0 Å². The third kappa shape index (κ3) is 2.28. The van der Waals surface area contributed by atoms with E-state index in [2.05, 4.69) is 51.9 Å². The van der Waals surface area contributed by atoms with Crippen molar-refractivity contribution < 1.29 is 0 Å². The fourth-order valence-electron chi connectivity index (χ4n) is 3.40. The fourth-order valence-corrected chi connectivity index (χ4v) is 3.40. The highest BCUT2D eigenvalue weighted by molar-refractivity contribution is 5.03. The Morgan fingerprint density at radius 2 is 2.00 bits per heavy atom. The molecule has 0 amide bonds. The number of unbranched alkanes of at least 4 members (excludes halogenated alkanes) is 1. The molecule has 1 aliphatic heterocycles. The first-order valence-corrected chi connectivity index (χ1v) is 6.93. The van der Waals surface area contributed by atoms with Crippen molar-refractivity contribution in [1.82, 2.24) is 10.2 Å². The van der Waals surface area contributed by atoms with Gasteiger partial charge in [0.2, 0.25) is 0 Å². The van der Waals surface area contributed by atoms with Gasteiger partial charge >= 0.3 is 0 Å². The lowest BCUT2D eigenvalue weighted by molar-refractivity contribution is 0.0415. The minimum Gasteiger partial charge on any atom is -0.300 e. The van der Waals surface area contributed by atoms with Gasteiger partial charge in [-0.15, -0.1) is 0 Å². The molecule has 3 unspecified atom stereocenters. The van der Waals surface area contributed by atoms with Crippen LogP contribution in [-0.4, -0.2) is 30.2 Å². The number of rotatable bonds is 5. The summed E-state index contributed by atoms with van der Waals surface area (Å²) in [6, 6.07) is 0. The van der Waals surface area contributed by atoms with E-state index in [-0.39, 0.29) is 0 Å². The van der Waals surface area contributed by atoms with Crippen LogP contribution in [0.3, 0.4) is 0 Å². The third-order valence-corrected chi connectivity index (χ3v) is 4.76. The SMILES string of the molecule is CCCCC(C)C1(C(C)C)CNC(C)N1C. The molecule has 3 atom stereocenters. The van der Waals surface area contributed by atoms with Crippen molar-refractivity contribution in [2.75, 3.05) is 13.6 Å². The van der Waals surface area contributed by atoms with E-state index < -0.39 is 0 Å². The Balaban J connectivity index is 2.81. The first-order chi connectivity index (χ1) is 7.46. The molecular weight excluding hydrogens is 196 g/mol. The minimum absolute atomic E-state index is 0.356. The summed E-state index contributed by atoms with van der Waals surface area (Å²) in [6.45, 7) is 12.9. The van der Waals surface area contributed by atoms with E-state index in [1.807, 2.05) is 0 Å². The lowest BCUT2D eigenvalue weighted by Gasteiger charge is -2.45. The number of hydrogen-bond acceptors (Lipinski definition) is 2. The predicted octanol–water partition coefficient (Wildman–Crippen LogP) is 3.09. The summed E-state index contributed by atoms with van der Waals surface area (Å²) in [6.07, 6.45) is 4.54. The van der Waals surface area contributed by atoms with Gasteiger partial charge in [0.1, 0.15) is 0 Å². The van der Waals surface area contributed by atoms with Crippen molar-refractivity contribution in [2.45, 2.75) is 65.6 Å². The van der Waals surface area contributed by atoms with E-state index in [1.165, 1.54) is 19.3 Å². The third-order valence-electron chi connectivity index (χ3n) is 4.76. The smallest absolute Gasteiger partial charge is 0.0571 e. The molecule has 0 spiro atoms. The average Bonchev–Trinajstić information content (AvgIpc) is 2.54. The van der Waals surface area contributed by atoms with Crippen LogP contribution in [-0.2, 0) is 0 Å². The Morgan fingerprint density at radius 3 is 2.38 bits per heavy atom. The van der Waals surface area contributed by atoms with Crippen LogP contribution >= 0.6 is 0 Å². The molecule has 1 saturated heterocycles. The van der Waals surface area contributed by atoms with Crippen molar-refractivity contribution in [3.05, 3.63) is 0 Å². The van der Waals surface area contributed by atoms with E-state index in [0.717, 1.165) is 12.5 Å². The van der Waals surface area contributed by atoms with Gasteiger partial charge in [-0.25, -0.2) is 0 Å². The van der Waals surface area contributed by atoms with E-state index in [9.17, 15) is 0 Å². The minimum atomic E-state index is 0.356. The molecule has 0 aromatic heterocycles. The van der Waals surface area contributed by atoms with E-state index >= 15 is 0 Å². The van der Waals surface area contributed by atoms with Crippen molar-refractivity contribution in [1.29, 1.82) is 0 Å². The van der Waals surface area contributed by atoms with Gasteiger partial charge in [0.05, 0.1) is 6.17 Å². The summed E-state index contributed by atoms with van der Waals surface area (Å²) in [7, 11) is 2.28. The van der Waals surface area contributed by atoms with Gasteiger partial charge in [-0.2, -0.15) is 0 Å². The lowest BCUT2D eigenvalue weighted by atomic mass is 9.73. The molecule has 1 N–H and O–H groups in total. The summed E-state index contributed by atoms with van der Waals surface area (Å²) in [5.41, 5.74) is 0.356. The Bertz CT molecular complexity index is 215. The molecule has 0 saturated carbocycles. The first-order valence-electron chi connectivity index (χ1n) is 6.93. The zero-order valence-corrected chi connectivity index (χ0v) is 12.0. The van der Waals surface area contributed by atoms with E-state index in [4.69, 9.17) is 0 Å². The fraction of sp³-hybridized carbons (Fsp3) is 1.00. The second kappa shape index (κ2) is 5.50. The Morgan fingerprint density at radius 1 is 1.38 bits per heavy atom. The van der Waals surface area contributed by atoms with Gasteiger partial charge in [0, 0.05) is 12.1 Å². The zero-order chi connectivity index (χ0) is 12.3. The summed E-state index contributed by atoms with van der Waals surface area (Å²) < 4.78 is 0. The topological polar surface area (TPSA) is 15.3 Å². The average molecular weight is 226 g/mol. The Hall–Kier alpha value is -0.0800. The van der Waals surface area contributed by atoms with Crippen molar-refractivity contribution >= 4 is 0 Å². The summed E-state index contributed by atoms with van der Waals surface area (Å²) in [4.78, 5) is 2.57. The van der Waals surface area contributed by atoms with Gasteiger partial charge < -0.3 is 5.32 Å². The lowest BCUT2D eigenvalue weighted by Crippen LogP contribution is -2.54. The van der Waals surface area contributed by atoms with Crippen molar-refractivity contribution in [3.63, 3.8) is 0 Å². The molecular formula is C14H30N2. The number of nitrogens with one attached hydrogen (secondary N) is 1. The molecule has 0 bridgehead atoms. The number of likely N-dealkylation sites (N-methyl/N-ethyl adjacent to an activating group) is 1. The van der Waals surface area contributed by atoms with Crippen LogP contribution in [0.1, 0.15) is 53.9 Å². The number of nitrogens with zero attached hydrogens (tertiary/aromatic N) is 1. The largest absolute Gasteiger partial charge is 0.300 e. The molecule has 0 aromatic rings. The maximum Gasteiger partial charge on any atom is 0.0571 e. The molecule has 96 valence electrons. The molecule has 1 heterocycles. The Kier molecular flexibility index (Phi) is 4.81. The second-order valence-electron chi connectivity index (χ2n) is 5.86. The van der Waals surface area contributed by atoms with Crippen LogP contribution in [0.15, 0.2) is 0 Å². The second-order valence-corrected chi connectivity index (χ2v) is 5.86. The predicted molar refractivity (Wildman–Crippen MR) is 71.5 cm³/mol. The molecule has 0 aliphatic carbocycles. The normalized spacial score (nSPS) is 33.6. The van der Waals surface area contributed by atoms with Gasteiger partial charge in [-0.05, 0) is 32.2 Å². The molecule has 2 heteroatoms. The van der Waals surface area contributed by atoms with Gasteiger partial charge in [-0.1, -0.05) is 40.5 Å². The monoisotopic (exact) mass is 226 g/mol. The number of hydrogen-bond donors (Lipinski definition) is 1. The standard InChI is InChI=1S/C14H30N2/c1-7-8-9-12(4)14(11(2)3)10-15-13(5)16(14)6/h11-13,15H,7-10H2,1-6H3. The Labute approximate surface area is 102 Å². The molecule has 16 heavy (non-hydrogen) atoms. The highest BCUT2D eigenvalue weighted by atomic mass is 15.4. The van der Waals surface area contributed by atoms with E-state index in [1.54, 1.807) is 0 Å². The molecule has 2 nitrogen and oxygen atoms in total. The molecule has 1 rings (SSSR count). The highest BCUT2D eigenvalue weighted by Gasteiger charge is 2.47. The highest BCUT2D eigenvalue weighted by Crippen LogP contribution is 2.38. The van der Waals surface area contributed by atoms with Crippen molar-refractivity contribution in [2.24, 2.45) is 11.8 Å². The molecule has 0 radical (unpaired) electrons. The summed E-state index contributed by atoms with van der Waals surface area (Å²) >= 11 is 0. The van der Waals surface area contributed by atoms with Crippen LogP contribution in [0.5, 0.6) is 0 Å². The van der Waals surface area contributed by atoms with Crippen LogP contribution in [0.25, 0.3) is 0 Å². The van der Waals surface area contributed by atoms with E-state index in [0.29, 0.717) is 17.6 Å². The van der Waals surface area contributed by atoms with Crippen LogP contribution in [0.2, 0.25) is 0 Å². The quantitative estimate of drug-likeness (QED) is 0.775. The zero-order valence-electron chi connectivity index (χ0n) is 12.0. The first kappa shape index (κ1) is 14.0.